The van der Waals surface area contributed by atoms with Crippen molar-refractivity contribution in [3.8, 4) is 0 Å². The Kier molecular flexibility index (Phi) is 6.36. The zero-order valence-corrected chi connectivity index (χ0v) is 13.5. The van der Waals surface area contributed by atoms with E-state index in [0.29, 0.717) is 6.42 Å². The van der Waals surface area contributed by atoms with E-state index >= 15 is 0 Å². The van der Waals surface area contributed by atoms with Crippen LogP contribution in [0.3, 0.4) is 0 Å². The van der Waals surface area contributed by atoms with Gasteiger partial charge in [0.15, 0.2) is 0 Å². The van der Waals surface area contributed by atoms with E-state index in [9.17, 15) is 4.79 Å². The number of aliphatic hydroxyl groups excluding tert-OH is 1. The number of carbonyl (C=O) groups excluding carboxylic acids is 1. The summed E-state index contributed by atoms with van der Waals surface area (Å²) in [5, 5.41) is 12.7. The Balaban J connectivity index is 2.51. The zero-order valence-electron chi connectivity index (χ0n) is 12.6. The largest absolute Gasteiger partial charge is 0.396 e. The van der Waals surface area contributed by atoms with Gasteiger partial charge >= 0.3 is 0 Å². The highest BCUT2D eigenvalue weighted by atomic mass is 32.1. The highest BCUT2D eigenvalue weighted by molar-refractivity contribution is 7.12. The summed E-state index contributed by atoms with van der Waals surface area (Å²) in [6.07, 6.45) is 6.61. The predicted octanol–water partition coefficient (Wildman–Crippen LogP) is 2.73. The molecule has 0 aromatic carbocycles. The van der Waals surface area contributed by atoms with Gasteiger partial charge in [0.1, 0.15) is 0 Å². The molecule has 0 saturated heterocycles. The molecule has 0 saturated carbocycles. The summed E-state index contributed by atoms with van der Waals surface area (Å²) < 4.78 is 0. The van der Waals surface area contributed by atoms with E-state index in [4.69, 9.17) is 5.11 Å². The third-order valence-electron chi connectivity index (χ3n) is 2.75. The smallest absolute Gasteiger partial charge is 0.244 e. The van der Waals surface area contributed by atoms with E-state index in [1.54, 1.807) is 23.6 Å². The number of nitrogens with one attached hydrogen (secondary N) is 1. The van der Waals surface area contributed by atoms with Crippen molar-refractivity contribution in [3.63, 3.8) is 0 Å². The van der Waals surface area contributed by atoms with Crippen LogP contribution in [0.15, 0.2) is 12.3 Å². The first-order chi connectivity index (χ1) is 9.32. The predicted molar refractivity (Wildman–Crippen MR) is 83.8 cm³/mol. The van der Waals surface area contributed by atoms with E-state index in [-0.39, 0.29) is 24.0 Å². The molecule has 1 aromatic rings. The average Bonchev–Trinajstić information content (AvgIpc) is 2.82. The van der Waals surface area contributed by atoms with Crippen molar-refractivity contribution in [1.82, 2.24) is 10.3 Å². The third-order valence-corrected chi connectivity index (χ3v) is 4.14. The van der Waals surface area contributed by atoms with Crippen LogP contribution in [0.2, 0.25) is 0 Å². The summed E-state index contributed by atoms with van der Waals surface area (Å²) in [6, 6.07) is 0.0749. The van der Waals surface area contributed by atoms with Gasteiger partial charge in [0.2, 0.25) is 5.91 Å². The summed E-state index contributed by atoms with van der Waals surface area (Å²) in [5.41, 5.74) is 0.0395. The molecule has 20 heavy (non-hydrogen) atoms. The Morgan fingerprint density at radius 2 is 2.25 bits per heavy atom. The first-order valence-corrected chi connectivity index (χ1v) is 7.70. The SMILES string of the molecule is CC(CCCO)NC(=O)/C=C/c1cnc(C(C)(C)C)s1. The van der Waals surface area contributed by atoms with Crippen molar-refractivity contribution in [2.24, 2.45) is 0 Å². The van der Waals surface area contributed by atoms with E-state index in [2.05, 4.69) is 31.1 Å². The molecule has 1 heterocycles. The third kappa shape index (κ3) is 5.84. The standard InChI is InChI=1S/C15H24N2O2S/c1-11(6-5-9-18)17-13(19)8-7-12-10-16-14(20-12)15(2,3)4/h7-8,10-11,18H,5-6,9H2,1-4H3,(H,17,19)/b8-7+. The van der Waals surface area contributed by atoms with Crippen molar-refractivity contribution < 1.29 is 9.90 Å². The van der Waals surface area contributed by atoms with Crippen LogP contribution in [0.4, 0.5) is 0 Å². The molecule has 0 bridgehead atoms. The minimum atomic E-state index is -0.110. The van der Waals surface area contributed by atoms with Gasteiger partial charge in [-0.2, -0.15) is 0 Å². The number of hydrogen-bond donors (Lipinski definition) is 2. The highest BCUT2D eigenvalue weighted by Gasteiger charge is 2.17. The van der Waals surface area contributed by atoms with E-state index in [0.717, 1.165) is 16.3 Å². The van der Waals surface area contributed by atoms with Crippen LogP contribution in [0.1, 0.15) is 50.4 Å². The van der Waals surface area contributed by atoms with Crippen LogP contribution in [-0.2, 0) is 10.2 Å². The summed E-state index contributed by atoms with van der Waals surface area (Å²) in [5.74, 6) is -0.110. The Bertz CT molecular complexity index is 461. The molecule has 1 atom stereocenters. The van der Waals surface area contributed by atoms with Crippen LogP contribution in [-0.4, -0.2) is 28.6 Å². The first kappa shape index (κ1) is 16.9. The Morgan fingerprint density at radius 3 is 2.80 bits per heavy atom. The van der Waals surface area contributed by atoms with Crippen LogP contribution >= 0.6 is 11.3 Å². The zero-order chi connectivity index (χ0) is 15.2. The van der Waals surface area contributed by atoms with Gasteiger partial charge in [0, 0.05) is 35.2 Å². The molecule has 1 unspecified atom stereocenters. The molecule has 4 nitrogen and oxygen atoms in total. The molecule has 5 heteroatoms. The molecule has 1 amide bonds. The Labute approximate surface area is 124 Å². The van der Waals surface area contributed by atoms with Crippen molar-refractivity contribution in [3.05, 3.63) is 22.2 Å². The molecule has 0 aliphatic carbocycles. The Morgan fingerprint density at radius 1 is 1.55 bits per heavy atom. The molecule has 0 aliphatic heterocycles. The molecule has 0 spiro atoms. The number of nitrogens with zero attached hydrogens (tertiary/aromatic N) is 1. The van der Waals surface area contributed by atoms with Crippen LogP contribution in [0.5, 0.6) is 0 Å². The van der Waals surface area contributed by atoms with Gasteiger partial charge in [-0.15, -0.1) is 11.3 Å². The molecule has 0 radical (unpaired) electrons. The second-order valence-corrected chi connectivity index (χ2v) is 6.99. The fourth-order valence-electron chi connectivity index (χ4n) is 1.63. The summed E-state index contributed by atoms with van der Waals surface area (Å²) in [4.78, 5) is 17.1. The lowest BCUT2D eigenvalue weighted by molar-refractivity contribution is -0.117. The van der Waals surface area contributed by atoms with Gasteiger partial charge in [-0.05, 0) is 25.8 Å². The highest BCUT2D eigenvalue weighted by Crippen LogP contribution is 2.27. The number of aliphatic hydroxyl groups is 1. The van der Waals surface area contributed by atoms with Crippen molar-refractivity contribution in [2.45, 2.75) is 52.0 Å². The number of hydrogen-bond acceptors (Lipinski definition) is 4. The molecular weight excluding hydrogens is 272 g/mol. The molecule has 1 aromatic heterocycles. The lowest BCUT2D eigenvalue weighted by Gasteiger charge is -2.13. The fourth-order valence-corrected chi connectivity index (χ4v) is 2.51. The molecule has 112 valence electrons. The van der Waals surface area contributed by atoms with Gasteiger partial charge in [-0.3, -0.25) is 4.79 Å². The topological polar surface area (TPSA) is 62.2 Å². The minimum absolute atomic E-state index is 0.0395. The van der Waals surface area contributed by atoms with Gasteiger partial charge in [0.25, 0.3) is 0 Å². The molecular formula is C15H24N2O2S. The monoisotopic (exact) mass is 296 g/mol. The van der Waals surface area contributed by atoms with Gasteiger partial charge in [-0.25, -0.2) is 4.98 Å². The fraction of sp³-hybridized carbons (Fsp3) is 0.600. The lowest BCUT2D eigenvalue weighted by Crippen LogP contribution is -2.31. The average molecular weight is 296 g/mol. The van der Waals surface area contributed by atoms with Gasteiger partial charge < -0.3 is 10.4 Å². The maximum atomic E-state index is 11.7. The molecule has 2 N–H and O–H groups in total. The lowest BCUT2D eigenvalue weighted by atomic mass is 9.98. The van der Waals surface area contributed by atoms with Crippen LogP contribution in [0.25, 0.3) is 6.08 Å². The number of thiazole rings is 1. The number of aromatic nitrogens is 1. The summed E-state index contributed by atoms with van der Waals surface area (Å²) >= 11 is 1.60. The number of rotatable bonds is 6. The van der Waals surface area contributed by atoms with E-state index < -0.39 is 0 Å². The van der Waals surface area contributed by atoms with E-state index in [1.807, 2.05) is 6.92 Å². The second kappa shape index (κ2) is 7.55. The summed E-state index contributed by atoms with van der Waals surface area (Å²) in [7, 11) is 0. The minimum Gasteiger partial charge on any atom is -0.396 e. The number of carbonyl (C=O) groups is 1. The Hall–Kier alpha value is -1.20. The molecule has 0 aliphatic rings. The maximum absolute atomic E-state index is 11.7. The van der Waals surface area contributed by atoms with Gasteiger partial charge in [-0.1, -0.05) is 20.8 Å². The molecule has 1 rings (SSSR count). The van der Waals surface area contributed by atoms with Crippen molar-refractivity contribution in [2.75, 3.05) is 6.61 Å². The normalized spacial score (nSPS) is 13.7. The molecule has 0 fully saturated rings. The van der Waals surface area contributed by atoms with Crippen molar-refractivity contribution >= 4 is 23.3 Å². The van der Waals surface area contributed by atoms with Crippen molar-refractivity contribution in [1.29, 1.82) is 0 Å². The van der Waals surface area contributed by atoms with Crippen LogP contribution < -0.4 is 5.32 Å². The first-order valence-electron chi connectivity index (χ1n) is 6.88. The quantitative estimate of drug-likeness (QED) is 0.793. The van der Waals surface area contributed by atoms with Crippen LogP contribution in [0, 0.1) is 0 Å². The second-order valence-electron chi connectivity index (χ2n) is 5.93. The van der Waals surface area contributed by atoms with Gasteiger partial charge in [0.05, 0.1) is 5.01 Å². The maximum Gasteiger partial charge on any atom is 0.244 e. The number of amides is 1. The summed E-state index contributed by atoms with van der Waals surface area (Å²) in [6.45, 7) is 8.46. The van der Waals surface area contributed by atoms with E-state index in [1.165, 1.54) is 6.08 Å².